The molecule has 3 unspecified atom stereocenters. The fourth-order valence-electron chi connectivity index (χ4n) is 6.04. The highest BCUT2D eigenvalue weighted by Crippen LogP contribution is 2.46. The van der Waals surface area contributed by atoms with Gasteiger partial charge in [-0.3, -0.25) is 14.4 Å². The molecule has 0 spiro atoms. The molecule has 0 aromatic rings. The highest BCUT2D eigenvalue weighted by atomic mass is 16.4. The fraction of sp³-hybridized carbons (Fsp3) is 0.919. The van der Waals surface area contributed by atoms with Crippen LogP contribution in [0.1, 0.15) is 172 Å². The van der Waals surface area contributed by atoms with Gasteiger partial charge in [-0.2, -0.15) is 0 Å². The minimum absolute atomic E-state index is 0.00241. The minimum Gasteiger partial charge on any atom is -0.481 e. The van der Waals surface area contributed by atoms with Crippen LogP contribution in [0.2, 0.25) is 0 Å². The second-order valence-electron chi connectivity index (χ2n) is 16.6. The molecule has 0 bridgehead atoms. The van der Waals surface area contributed by atoms with Crippen molar-refractivity contribution in [2.45, 2.75) is 178 Å². The number of carboxylic acid groups (broad SMARTS) is 1. The summed E-state index contributed by atoms with van der Waals surface area (Å²) in [7, 11) is 0. The van der Waals surface area contributed by atoms with Gasteiger partial charge in [0.05, 0.1) is 5.92 Å². The van der Waals surface area contributed by atoms with Crippen LogP contribution in [0.5, 0.6) is 0 Å². The maximum absolute atomic E-state index is 13.8. The molecule has 0 heterocycles. The lowest BCUT2D eigenvalue weighted by molar-refractivity contribution is -0.137. The molecule has 7 nitrogen and oxygen atoms in total. The van der Waals surface area contributed by atoms with Crippen molar-refractivity contribution in [3.63, 3.8) is 0 Å². The van der Waals surface area contributed by atoms with Crippen LogP contribution in [-0.4, -0.2) is 41.5 Å². The van der Waals surface area contributed by atoms with E-state index in [1.807, 2.05) is 6.92 Å². The number of carbonyl (C=O) groups excluding carboxylic acids is 2. The van der Waals surface area contributed by atoms with Crippen LogP contribution in [-0.2, 0) is 14.4 Å². The summed E-state index contributed by atoms with van der Waals surface area (Å²) in [5, 5.41) is 15.2. The van der Waals surface area contributed by atoms with E-state index in [2.05, 4.69) is 72.9 Å². The van der Waals surface area contributed by atoms with Gasteiger partial charge in [0.25, 0.3) is 0 Å². The lowest BCUT2D eigenvalue weighted by Gasteiger charge is -2.50. The van der Waals surface area contributed by atoms with Crippen molar-refractivity contribution in [1.82, 2.24) is 10.6 Å². The summed E-state index contributed by atoms with van der Waals surface area (Å²) in [5.41, 5.74) is 5.48. The van der Waals surface area contributed by atoms with Crippen LogP contribution < -0.4 is 16.4 Å². The third-order valence-corrected chi connectivity index (χ3v) is 9.59. The zero-order chi connectivity index (χ0) is 34.0. The molecule has 0 aromatic carbocycles. The SMILES string of the molecule is CCCCCCCCCCCCNC(=O)C(CC(C)(C)C)C(C)(N)C(C)(C)CC(C(=O)NCCCCCC(=O)O)C(C)(C)C. The van der Waals surface area contributed by atoms with E-state index in [1.54, 1.807) is 0 Å². The average Bonchev–Trinajstić information content (AvgIpc) is 2.89. The quantitative estimate of drug-likeness (QED) is 0.0802. The summed E-state index contributed by atoms with van der Waals surface area (Å²) in [5.74, 6) is -1.45. The summed E-state index contributed by atoms with van der Waals surface area (Å²) in [6.07, 6.45) is 16.1. The Morgan fingerprint density at radius 3 is 1.43 bits per heavy atom. The third-order valence-electron chi connectivity index (χ3n) is 9.59. The Morgan fingerprint density at radius 1 is 0.614 bits per heavy atom. The summed E-state index contributed by atoms with van der Waals surface area (Å²) in [4.78, 5) is 38.0. The van der Waals surface area contributed by atoms with Gasteiger partial charge in [-0.25, -0.2) is 0 Å². The first kappa shape index (κ1) is 42.4. The van der Waals surface area contributed by atoms with Crippen molar-refractivity contribution in [3.05, 3.63) is 0 Å². The number of nitrogens with one attached hydrogen (secondary N) is 2. The van der Waals surface area contributed by atoms with Gasteiger partial charge in [-0.05, 0) is 55.3 Å². The number of unbranched alkanes of at least 4 members (excludes halogenated alkanes) is 11. The van der Waals surface area contributed by atoms with Crippen LogP contribution in [0.25, 0.3) is 0 Å². The van der Waals surface area contributed by atoms with Gasteiger partial charge in [0.2, 0.25) is 11.8 Å². The standard InChI is InChI=1S/C37H73N3O4/c1-11-12-13-14-15-16-17-18-19-22-25-40-33(44)30(27-34(2,3)4)37(10,38)36(8,9)28-29(35(5,6)7)32(43)39-26-23-20-21-24-31(41)42/h29-30H,11-28,38H2,1-10H3,(H,39,43)(H,40,44)(H,41,42). The molecular weight excluding hydrogens is 550 g/mol. The number of amides is 2. The maximum Gasteiger partial charge on any atom is 0.303 e. The van der Waals surface area contributed by atoms with Crippen LogP contribution in [0.4, 0.5) is 0 Å². The lowest BCUT2D eigenvalue weighted by Crippen LogP contribution is -2.61. The Balaban J connectivity index is 5.30. The number of hydrogen-bond acceptors (Lipinski definition) is 4. The number of rotatable bonds is 24. The number of hydrogen-bond donors (Lipinski definition) is 4. The average molecular weight is 624 g/mol. The van der Waals surface area contributed by atoms with Gasteiger partial charge in [0, 0.05) is 31.0 Å². The van der Waals surface area contributed by atoms with Crippen molar-refractivity contribution in [3.8, 4) is 0 Å². The largest absolute Gasteiger partial charge is 0.481 e. The Hall–Kier alpha value is -1.63. The molecule has 0 radical (unpaired) electrons. The zero-order valence-corrected chi connectivity index (χ0v) is 30.6. The Morgan fingerprint density at radius 2 is 1.02 bits per heavy atom. The van der Waals surface area contributed by atoms with E-state index in [1.165, 1.54) is 51.4 Å². The van der Waals surface area contributed by atoms with E-state index in [0.29, 0.717) is 32.4 Å². The molecule has 260 valence electrons. The molecule has 0 rings (SSSR count). The molecule has 0 aliphatic carbocycles. The third kappa shape index (κ3) is 17.8. The number of carboxylic acids is 1. The fourth-order valence-corrected chi connectivity index (χ4v) is 6.04. The van der Waals surface area contributed by atoms with Gasteiger partial charge >= 0.3 is 5.97 Å². The Labute approximate surface area is 272 Å². The molecule has 44 heavy (non-hydrogen) atoms. The maximum atomic E-state index is 13.8. The smallest absolute Gasteiger partial charge is 0.303 e. The molecule has 0 saturated carbocycles. The van der Waals surface area contributed by atoms with Crippen molar-refractivity contribution in [2.24, 2.45) is 33.8 Å². The molecule has 0 saturated heterocycles. The van der Waals surface area contributed by atoms with Gasteiger partial charge in [0.15, 0.2) is 0 Å². The van der Waals surface area contributed by atoms with Gasteiger partial charge in [-0.1, -0.05) is 127 Å². The Bertz CT molecular complexity index is 824. The second-order valence-corrected chi connectivity index (χ2v) is 16.6. The number of nitrogens with two attached hydrogens (primary N) is 1. The molecule has 0 aromatic heterocycles. The molecule has 0 aliphatic heterocycles. The normalized spacial score (nSPS) is 15.3. The van der Waals surface area contributed by atoms with E-state index in [0.717, 1.165) is 25.7 Å². The van der Waals surface area contributed by atoms with E-state index >= 15 is 0 Å². The summed E-state index contributed by atoms with van der Waals surface area (Å²) in [6.45, 7) is 22.4. The van der Waals surface area contributed by atoms with Gasteiger partial charge < -0.3 is 21.5 Å². The monoisotopic (exact) mass is 624 g/mol. The summed E-state index contributed by atoms with van der Waals surface area (Å²) >= 11 is 0. The first-order valence-corrected chi connectivity index (χ1v) is 17.8. The van der Waals surface area contributed by atoms with Gasteiger partial charge in [-0.15, -0.1) is 0 Å². The summed E-state index contributed by atoms with van der Waals surface area (Å²) < 4.78 is 0. The molecule has 5 N–H and O–H groups in total. The molecular formula is C37H73N3O4. The van der Waals surface area contributed by atoms with Crippen LogP contribution in [0.3, 0.4) is 0 Å². The zero-order valence-electron chi connectivity index (χ0n) is 30.6. The molecule has 3 atom stereocenters. The molecule has 0 fully saturated rings. The number of aliphatic carboxylic acids is 1. The van der Waals surface area contributed by atoms with Crippen LogP contribution >= 0.6 is 0 Å². The number of carbonyl (C=O) groups is 3. The molecule has 7 heteroatoms. The van der Waals surface area contributed by atoms with Crippen molar-refractivity contribution in [1.29, 1.82) is 0 Å². The lowest BCUT2D eigenvalue weighted by atomic mass is 9.58. The van der Waals surface area contributed by atoms with E-state index in [9.17, 15) is 14.4 Å². The second kappa shape index (κ2) is 20.5. The van der Waals surface area contributed by atoms with Crippen molar-refractivity contribution < 1.29 is 19.5 Å². The van der Waals surface area contributed by atoms with Crippen molar-refractivity contribution in [2.75, 3.05) is 13.1 Å². The minimum atomic E-state index is -0.844. The highest BCUT2D eigenvalue weighted by molar-refractivity contribution is 5.81. The highest BCUT2D eigenvalue weighted by Gasteiger charge is 2.50. The van der Waals surface area contributed by atoms with E-state index in [-0.39, 0.29) is 35.0 Å². The molecule has 2 amide bonds. The van der Waals surface area contributed by atoms with Crippen LogP contribution in [0.15, 0.2) is 0 Å². The first-order valence-electron chi connectivity index (χ1n) is 17.8. The predicted octanol–water partition coefficient (Wildman–Crippen LogP) is 8.63. The van der Waals surface area contributed by atoms with Crippen molar-refractivity contribution >= 4 is 17.8 Å². The van der Waals surface area contributed by atoms with E-state index < -0.39 is 22.8 Å². The first-order chi connectivity index (χ1) is 20.3. The van der Waals surface area contributed by atoms with Crippen LogP contribution in [0, 0.1) is 28.1 Å². The Kier molecular flexibility index (Phi) is 19.7. The van der Waals surface area contributed by atoms with E-state index in [4.69, 9.17) is 10.8 Å². The molecule has 0 aliphatic rings. The summed E-state index contributed by atoms with van der Waals surface area (Å²) in [6, 6.07) is 0. The topological polar surface area (TPSA) is 122 Å². The predicted molar refractivity (Wildman–Crippen MR) is 185 cm³/mol. The van der Waals surface area contributed by atoms with Gasteiger partial charge in [0.1, 0.15) is 0 Å².